The monoisotopic (exact) mass is 430 g/mol. The Hall–Kier alpha value is -1.79. The zero-order valence-corrected chi connectivity index (χ0v) is 18.9. The lowest BCUT2D eigenvalue weighted by atomic mass is 9.44. The van der Waals surface area contributed by atoms with E-state index in [2.05, 4.69) is 13.8 Å². The standard InChI is InChI=1S/C25H34O6/c1-5-21(30)31-25(20(29)13-26)9-7-17-16-10-14(2)18-11-15(27)6-8-23(18,3)22(16)19(28)12-24(17,25)4/h6,8,11,14,16-17,19,22,26,28H,5,7,9-10,12-13H2,1-4H3. The van der Waals surface area contributed by atoms with E-state index < -0.39 is 40.9 Å². The minimum Gasteiger partial charge on any atom is -0.450 e. The largest absolute Gasteiger partial charge is 0.450 e. The average Bonchev–Trinajstić information content (AvgIpc) is 3.01. The molecule has 0 aromatic carbocycles. The fraction of sp³-hybridized carbons (Fsp3) is 0.720. The van der Waals surface area contributed by atoms with Crippen molar-refractivity contribution in [1.29, 1.82) is 0 Å². The van der Waals surface area contributed by atoms with Crippen LogP contribution in [0.3, 0.4) is 0 Å². The van der Waals surface area contributed by atoms with Crippen molar-refractivity contribution in [3.05, 3.63) is 23.8 Å². The average molecular weight is 431 g/mol. The van der Waals surface area contributed by atoms with Crippen molar-refractivity contribution in [2.24, 2.45) is 34.5 Å². The number of rotatable bonds is 4. The van der Waals surface area contributed by atoms with Crippen molar-refractivity contribution >= 4 is 17.5 Å². The molecule has 4 aliphatic carbocycles. The third kappa shape index (κ3) is 2.94. The Morgan fingerprint density at radius 3 is 2.65 bits per heavy atom. The van der Waals surface area contributed by atoms with Crippen LogP contribution < -0.4 is 0 Å². The normalized spacial score (nSPS) is 45.9. The van der Waals surface area contributed by atoms with Gasteiger partial charge < -0.3 is 14.9 Å². The first-order valence-electron chi connectivity index (χ1n) is 11.5. The Morgan fingerprint density at radius 1 is 1.29 bits per heavy atom. The van der Waals surface area contributed by atoms with Crippen molar-refractivity contribution in [3.8, 4) is 0 Å². The molecule has 0 amide bonds. The van der Waals surface area contributed by atoms with Gasteiger partial charge in [-0.05, 0) is 55.6 Å². The third-order valence-electron chi connectivity index (χ3n) is 9.11. The van der Waals surface area contributed by atoms with Gasteiger partial charge in [-0.25, -0.2) is 0 Å². The quantitative estimate of drug-likeness (QED) is 0.665. The molecule has 6 nitrogen and oxygen atoms in total. The van der Waals surface area contributed by atoms with Gasteiger partial charge in [-0.2, -0.15) is 0 Å². The van der Waals surface area contributed by atoms with Crippen LogP contribution in [0, 0.1) is 34.5 Å². The lowest BCUT2D eigenvalue weighted by Crippen LogP contribution is -2.63. The predicted octanol–water partition coefficient (Wildman–Crippen LogP) is 2.76. The molecule has 0 aliphatic heterocycles. The summed E-state index contributed by atoms with van der Waals surface area (Å²) in [4.78, 5) is 37.4. The second-order valence-electron chi connectivity index (χ2n) is 10.5. The molecule has 0 radical (unpaired) electrons. The molecule has 0 bridgehead atoms. The van der Waals surface area contributed by atoms with E-state index >= 15 is 0 Å². The number of aliphatic hydroxyl groups is 2. The van der Waals surface area contributed by atoms with Crippen LogP contribution in [-0.2, 0) is 19.1 Å². The number of hydrogen-bond donors (Lipinski definition) is 2. The molecule has 0 spiro atoms. The highest BCUT2D eigenvalue weighted by Crippen LogP contribution is 2.68. The first-order valence-corrected chi connectivity index (χ1v) is 11.5. The van der Waals surface area contributed by atoms with Gasteiger partial charge in [0.1, 0.15) is 6.61 Å². The van der Waals surface area contributed by atoms with Crippen LogP contribution in [0.25, 0.3) is 0 Å². The van der Waals surface area contributed by atoms with Gasteiger partial charge in [0, 0.05) is 23.2 Å². The second kappa shape index (κ2) is 7.38. The zero-order chi connectivity index (χ0) is 22.8. The highest BCUT2D eigenvalue weighted by Gasteiger charge is 2.70. The highest BCUT2D eigenvalue weighted by molar-refractivity contribution is 6.01. The van der Waals surface area contributed by atoms with Gasteiger partial charge in [0.05, 0.1) is 6.10 Å². The lowest BCUT2D eigenvalue weighted by Gasteiger charge is -2.61. The van der Waals surface area contributed by atoms with E-state index in [1.807, 2.05) is 13.0 Å². The zero-order valence-electron chi connectivity index (χ0n) is 18.9. The van der Waals surface area contributed by atoms with Gasteiger partial charge in [-0.3, -0.25) is 14.4 Å². The van der Waals surface area contributed by atoms with Gasteiger partial charge in [-0.1, -0.05) is 39.3 Å². The number of carbonyl (C=O) groups is 3. The fourth-order valence-electron chi connectivity index (χ4n) is 7.81. The van der Waals surface area contributed by atoms with Crippen molar-refractivity contribution in [2.45, 2.75) is 71.5 Å². The van der Waals surface area contributed by atoms with E-state index in [0.29, 0.717) is 19.3 Å². The molecular weight excluding hydrogens is 396 g/mol. The summed E-state index contributed by atoms with van der Waals surface area (Å²) in [5.41, 5.74) is -1.48. The number of ether oxygens (including phenoxy) is 1. The van der Waals surface area contributed by atoms with Crippen molar-refractivity contribution in [1.82, 2.24) is 0 Å². The number of aliphatic hydroxyl groups excluding tert-OH is 2. The Balaban J connectivity index is 1.79. The molecule has 31 heavy (non-hydrogen) atoms. The second-order valence-corrected chi connectivity index (χ2v) is 10.5. The molecular formula is C25H34O6. The van der Waals surface area contributed by atoms with Crippen molar-refractivity contribution < 1.29 is 29.3 Å². The van der Waals surface area contributed by atoms with Crippen LogP contribution in [0.15, 0.2) is 23.8 Å². The van der Waals surface area contributed by atoms with E-state index in [4.69, 9.17) is 4.74 Å². The molecule has 3 saturated carbocycles. The molecule has 3 fully saturated rings. The molecule has 8 unspecified atom stereocenters. The maximum atomic E-state index is 13.0. The Kier molecular flexibility index (Phi) is 5.33. The SMILES string of the molecule is CCC(=O)OC1(C(=O)CO)CCC2C3CC(C)C4=CC(=O)C=CC4(C)C3C(O)CC21C. The van der Waals surface area contributed by atoms with Crippen LogP contribution in [0.2, 0.25) is 0 Å². The molecule has 170 valence electrons. The van der Waals surface area contributed by atoms with Gasteiger partial charge >= 0.3 is 5.97 Å². The van der Waals surface area contributed by atoms with Crippen LogP contribution in [0.1, 0.15) is 59.8 Å². The van der Waals surface area contributed by atoms with Crippen LogP contribution in [0.5, 0.6) is 0 Å². The minimum atomic E-state index is -1.40. The number of hydrogen-bond acceptors (Lipinski definition) is 6. The summed E-state index contributed by atoms with van der Waals surface area (Å²) in [6.07, 6.45) is 6.95. The first-order chi connectivity index (χ1) is 14.5. The molecule has 0 aromatic rings. The smallest absolute Gasteiger partial charge is 0.306 e. The van der Waals surface area contributed by atoms with E-state index in [0.717, 1.165) is 12.0 Å². The van der Waals surface area contributed by atoms with E-state index in [1.54, 1.807) is 19.1 Å². The summed E-state index contributed by atoms with van der Waals surface area (Å²) in [5, 5.41) is 21.3. The number of carbonyl (C=O) groups excluding carboxylic acids is 3. The molecule has 8 atom stereocenters. The van der Waals surface area contributed by atoms with Crippen LogP contribution in [-0.4, -0.2) is 46.1 Å². The van der Waals surface area contributed by atoms with Gasteiger partial charge in [0.2, 0.25) is 5.78 Å². The van der Waals surface area contributed by atoms with Crippen molar-refractivity contribution in [3.63, 3.8) is 0 Å². The molecule has 6 heteroatoms. The number of Topliss-reactive ketones (excluding diaryl/α,β-unsaturated/α-hetero) is 1. The summed E-state index contributed by atoms with van der Waals surface area (Å²) >= 11 is 0. The molecule has 0 saturated heterocycles. The summed E-state index contributed by atoms with van der Waals surface area (Å²) < 4.78 is 5.84. The fourth-order valence-corrected chi connectivity index (χ4v) is 7.81. The Bertz CT molecular complexity index is 873. The third-order valence-corrected chi connectivity index (χ3v) is 9.11. The lowest BCUT2D eigenvalue weighted by molar-refractivity contribution is -0.201. The number of esters is 1. The number of ketones is 2. The highest BCUT2D eigenvalue weighted by atomic mass is 16.6. The van der Waals surface area contributed by atoms with Gasteiger partial charge in [0.15, 0.2) is 11.4 Å². The first kappa shape index (κ1) is 22.4. The summed E-state index contributed by atoms with van der Waals surface area (Å²) in [5.74, 6) is -0.624. The Morgan fingerprint density at radius 2 is 2.00 bits per heavy atom. The van der Waals surface area contributed by atoms with E-state index in [-0.39, 0.29) is 35.9 Å². The summed E-state index contributed by atoms with van der Waals surface area (Å²) in [7, 11) is 0. The Labute approximate surface area is 183 Å². The maximum Gasteiger partial charge on any atom is 0.306 e. The van der Waals surface area contributed by atoms with Gasteiger partial charge in [-0.15, -0.1) is 0 Å². The van der Waals surface area contributed by atoms with Crippen LogP contribution >= 0.6 is 0 Å². The molecule has 2 N–H and O–H groups in total. The number of allylic oxidation sites excluding steroid dienone is 4. The van der Waals surface area contributed by atoms with E-state index in [1.165, 1.54) is 0 Å². The van der Waals surface area contributed by atoms with Gasteiger partial charge in [0.25, 0.3) is 0 Å². The molecule has 0 aromatic heterocycles. The summed E-state index contributed by atoms with van der Waals surface area (Å²) in [6.45, 7) is 7.20. The summed E-state index contributed by atoms with van der Waals surface area (Å²) in [6, 6.07) is 0. The predicted molar refractivity (Wildman–Crippen MR) is 114 cm³/mol. The van der Waals surface area contributed by atoms with Crippen molar-refractivity contribution in [2.75, 3.05) is 6.61 Å². The van der Waals surface area contributed by atoms with E-state index in [9.17, 15) is 24.6 Å². The number of fused-ring (bicyclic) bond motifs is 5. The maximum absolute atomic E-state index is 13.0. The molecule has 0 heterocycles. The topological polar surface area (TPSA) is 101 Å². The van der Waals surface area contributed by atoms with Crippen LogP contribution in [0.4, 0.5) is 0 Å². The minimum absolute atomic E-state index is 0.00665. The molecule has 4 rings (SSSR count). The molecule has 4 aliphatic rings.